The molecular weight excluding hydrogens is 497 g/mol. The van der Waals surface area contributed by atoms with Gasteiger partial charge in [0.05, 0.1) is 37.6 Å². The van der Waals surface area contributed by atoms with Gasteiger partial charge in [-0.1, -0.05) is 54.2 Å². The summed E-state index contributed by atoms with van der Waals surface area (Å²) >= 11 is 1.53. The molecule has 0 spiro atoms. The van der Waals surface area contributed by atoms with E-state index in [1.54, 1.807) is 6.07 Å². The summed E-state index contributed by atoms with van der Waals surface area (Å²) in [6.45, 7) is 2.51. The molecule has 0 saturated heterocycles. The molecule has 0 radical (unpaired) electrons. The lowest BCUT2D eigenvalue weighted by Crippen LogP contribution is -3.00. The second-order valence-corrected chi connectivity index (χ2v) is 9.64. The van der Waals surface area contributed by atoms with Gasteiger partial charge in [0.1, 0.15) is 6.54 Å². The highest BCUT2D eigenvalue weighted by Crippen LogP contribution is 2.49. The van der Waals surface area contributed by atoms with Gasteiger partial charge in [-0.05, 0) is 30.3 Å². The summed E-state index contributed by atoms with van der Waals surface area (Å²) in [4.78, 5) is 4.00. The predicted molar refractivity (Wildman–Crippen MR) is 121 cm³/mol. The molecule has 170 valence electrons. The predicted octanol–water partition coefficient (Wildman–Crippen LogP) is 3.98. The Balaban J connectivity index is 0.00000289. The van der Waals surface area contributed by atoms with Gasteiger partial charge in [-0.2, -0.15) is 13.2 Å². The molecule has 1 aliphatic rings. The van der Waals surface area contributed by atoms with Crippen LogP contribution in [0.1, 0.15) is 17.5 Å². The molecule has 1 heterocycles. The van der Waals surface area contributed by atoms with Crippen LogP contribution >= 0.6 is 11.8 Å². The highest BCUT2D eigenvalue weighted by Gasteiger charge is 2.33. The smallest absolute Gasteiger partial charge is 0.416 e. The summed E-state index contributed by atoms with van der Waals surface area (Å²) in [7, 11) is 4.39. The van der Waals surface area contributed by atoms with Crippen molar-refractivity contribution in [2.45, 2.75) is 28.9 Å². The second kappa shape index (κ2) is 9.89. The van der Waals surface area contributed by atoms with E-state index < -0.39 is 11.7 Å². The quantitative estimate of drug-likeness (QED) is 0.450. The Morgan fingerprint density at radius 2 is 1.50 bits per heavy atom. The van der Waals surface area contributed by atoms with Gasteiger partial charge < -0.3 is 26.4 Å². The Morgan fingerprint density at radius 3 is 2.22 bits per heavy atom. The molecule has 0 N–H and O–H groups in total. The Labute approximate surface area is 202 Å². The van der Waals surface area contributed by atoms with Crippen molar-refractivity contribution in [1.29, 1.82) is 0 Å². The number of alkyl halides is 3. The molecule has 2 nitrogen and oxygen atoms in total. The van der Waals surface area contributed by atoms with Crippen molar-refractivity contribution in [3.05, 3.63) is 83.9 Å². The zero-order chi connectivity index (χ0) is 22.1. The van der Waals surface area contributed by atoms with Crippen molar-refractivity contribution in [3.63, 3.8) is 0 Å². The first-order chi connectivity index (χ1) is 14.7. The minimum atomic E-state index is -4.35. The number of anilines is 2. The maximum absolute atomic E-state index is 13.4. The van der Waals surface area contributed by atoms with E-state index in [0.29, 0.717) is 12.2 Å². The fraction of sp³-hybridized carbons (Fsp3) is 0.280. The first kappa shape index (κ1) is 24.7. The van der Waals surface area contributed by atoms with Gasteiger partial charge in [-0.25, -0.2) is 0 Å². The van der Waals surface area contributed by atoms with Gasteiger partial charge in [0.25, 0.3) is 0 Å². The second-order valence-electron chi connectivity index (χ2n) is 8.56. The third-order valence-electron chi connectivity index (χ3n) is 5.55. The number of rotatable bonds is 6. The fourth-order valence-corrected chi connectivity index (χ4v) is 5.14. The molecule has 0 saturated carbocycles. The molecular formula is C25H26BrF3N2S. The number of hydrogen-bond donors (Lipinski definition) is 0. The summed E-state index contributed by atoms with van der Waals surface area (Å²) in [6.07, 6.45) is -3.48. The first-order valence-corrected chi connectivity index (χ1v) is 11.2. The zero-order valence-electron chi connectivity index (χ0n) is 18.1. The molecule has 0 aromatic heterocycles. The van der Waals surface area contributed by atoms with Crippen LogP contribution in [0.15, 0.2) is 82.6 Å². The van der Waals surface area contributed by atoms with Crippen LogP contribution < -0.4 is 21.9 Å². The Hall–Kier alpha value is -1.96. The molecule has 0 atom stereocenters. The van der Waals surface area contributed by atoms with Crippen LogP contribution in [0.4, 0.5) is 24.5 Å². The lowest BCUT2D eigenvalue weighted by Gasteiger charge is -2.35. The van der Waals surface area contributed by atoms with Crippen molar-refractivity contribution in [2.24, 2.45) is 0 Å². The van der Waals surface area contributed by atoms with E-state index in [2.05, 4.69) is 31.1 Å². The number of fused-ring (bicyclic) bond motifs is 2. The highest BCUT2D eigenvalue weighted by atomic mass is 79.9. The van der Waals surface area contributed by atoms with E-state index in [1.165, 1.54) is 29.5 Å². The van der Waals surface area contributed by atoms with Crippen LogP contribution in [-0.2, 0) is 12.7 Å². The molecule has 0 bridgehead atoms. The van der Waals surface area contributed by atoms with Crippen LogP contribution in [-0.4, -0.2) is 31.7 Å². The summed E-state index contributed by atoms with van der Waals surface area (Å²) in [6, 6.07) is 22.4. The Morgan fingerprint density at radius 1 is 0.844 bits per heavy atom. The van der Waals surface area contributed by atoms with Crippen molar-refractivity contribution in [2.75, 3.05) is 32.1 Å². The summed E-state index contributed by atoms with van der Waals surface area (Å²) < 4.78 is 40.9. The number of para-hydroxylation sites is 1. The standard InChI is InChI=1S/C25H26F3N2S.BrH/c1-30(2,18-19-9-4-3-5-10-19)16-8-15-29-21-11-6-7-12-23(21)31-24-14-13-20(17-22(24)29)25(26,27)28;/h3-7,9-14,17H,8,15-16,18H2,1-2H3;1H/q+1;/p-1. The van der Waals surface area contributed by atoms with Crippen molar-refractivity contribution < 1.29 is 34.6 Å². The minimum Gasteiger partial charge on any atom is -1.00 e. The number of nitrogens with zero attached hydrogens (tertiary/aromatic N) is 2. The summed E-state index contributed by atoms with van der Waals surface area (Å²) in [5, 5.41) is 0. The number of halogens is 4. The third kappa shape index (κ3) is 5.69. The van der Waals surface area contributed by atoms with Gasteiger partial charge in [-0.15, -0.1) is 0 Å². The Kier molecular flexibility index (Phi) is 7.63. The van der Waals surface area contributed by atoms with E-state index >= 15 is 0 Å². The summed E-state index contributed by atoms with van der Waals surface area (Å²) in [5.74, 6) is 0. The molecule has 32 heavy (non-hydrogen) atoms. The zero-order valence-corrected chi connectivity index (χ0v) is 20.5. The van der Waals surface area contributed by atoms with Crippen LogP contribution in [0, 0.1) is 0 Å². The monoisotopic (exact) mass is 522 g/mol. The number of quaternary nitrogens is 1. The topological polar surface area (TPSA) is 3.24 Å². The van der Waals surface area contributed by atoms with Crippen molar-refractivity contribution in [3.8, 4) is 0 Å². The van der Waals surface area contributed by atoms with E-state index in [1.807, 2.05) is 42.5 Å². The van der Waals surface area contributed by atoms with Gasteiger partial charge in [-0.3, -0.25) is 0 Å². The largest absolute Gasteiger partial charge is 1.00 e. The van der Waals surface area contributed by atoms with E-state index in [9.17, 15) is 13.2 Å². The molecule has 0 aliphatic carbocycles. The third-order valence-corrected chi connectivity index (χ3v) is 6.68. The lowest BCUT2D eigenvalue weighted by atomic mass is 10.1. The van der Waals surface area contributed by atoms with Gasteiger partial charge in [0, 0.05) is 28.3 Å². The maximum Gasteiger partial charge on any atom is 0.416 e. The normalized spacial score (nSPS) is 13.2. The molecule has 0 fully saturated rings. The molecule has 3 aromatic rings. The number of benzene rings is 3. The average Bonchev–Trinajstić information content (AvgIpc) is 2.72. The lowest BCUT2D eigenvalue weighted by molar-refractivity contribution is -0.903. The highest BCUT2D eigenvalue weighted by molar-refractivity contribution is 7.99. The molecule has 1 aliphatic heterocycles. The molecule has 4 rings (SSSR count). The Bertz CT molecular complexity index is 1050. The van der Waals surface area contributed by atoms with Gasteiger partial charge in [0.2, 0.25) is 0 Å². The first-order valence-electron chi connectivity index (χ1n) is 10.3. The van der Waals surface area contributed by atoms with Crippen LogP contribution in [0.5, 0.6) is 0 Å². The van der Waals surface area contributed by atoms with Crippen LogP contribution in [0.3, 0.4) is 0 Å². The molecule has 3 aromatic carbocycles. The minimum absolute atomic E-state index is 0. The van der Waals surface area contributed by atoms with Gasteiger partial charge >= 0.3 is 6.18 Å². The SMILES string of the molecule is C[N+](C)(CCCN1c2ccccc2Sc2ccc(C(F)(F)F)cc21)Cc1ccccc1.[Br-]. The molecule has 0 amide bonds. The van der Waals surface area contributed by atoms with Crippen LogP contribution in [0.25, 0.3) is 0 Å². The van der Waals surface area contributed by atoms with E-state index in [4.69, 9.17) is 0 Å². The maximum atomic E-state index is 13.4. The van der Waals surface area contributed by atoms with Gasteiger partial charge in [0.15, 0.2) is 0 Å². The molecule has 7 heteroatoms. The summed E-state index contributed by atoms with van der Waals surface area (Å²) in [5.41, 5.74) is 2.31. The van der Waals surface area contributed by atoms with Crippen molar-refractivity contribution in [1.82, 2.24) is 0 Å². The van der Waals surface area contributed by atoms with E-state index in [-0.39, 0.29) is 17.0 Å². The van der Waals surface area contributed by atoms with E-state index in [0.717, 1.165) is 39.5 Å². The number of hydrogen-bond acceptors (Lipinski definition) is 2. The van der Waals surface area contributed by atoms with Crippen LogP contribution in [0.2, 0.25) is 0 Å². The average molecular weight is 523 g/mol. The molecule has 0 unspecified atom stereocenters. The fourth-order valence-electron chi connectivity index (χ4n) is 4.06. The van der Waals surface area contributed by atoms with Crippen molar-refractivity contribution >= 4 is 23.1 Å².